The molecular weight excluding hydrogens is 300 g/mol. The Bertz CT molecular complexity index is 596. The van der Waals surface area contributed by atoms with Crippen molar-refractivity contribution in [2.75, 3.05) is 19.3 Å². The molecular formula is C15H26N4O2S. The largest absolute Gasteiger partial charge is 0.297 e. The van der Waals surface area contributed by atoms with Gasteiger partial charge in [0.1, 0.15) is 0 Å². The Balaban J connectivity index is 1.98. The topological polar surface area (TPSA) is 67.2 Å². The molecule has 0 bridgehead atoms. The second-order valence-corrected chi connectivity index (χ2v) is 7.88. The van der Waals surface area contributed by atoms with E-state index in [0.29, 0.717) is 12.5 Å². The molecule has 7 heteroatoms. The molecule has 124 valence electrons. The van der Waals surface area contributed by atoms with Crippen LogP contribution in [-0.2, 0) is 23.1 Å². The molecule has 1 aromatic heterocycles. The summed E-state index contributed by atoms with van der Waals surface area (Å²) in [6, 6.07) is 0.0122. The first-order valence-corrected chi connectivity index (χ1v) is 9.62. The third-order valence-electron chi connectivity index (χ3n) is 3.95. The number of nitrogens with one attached hydrogen (secondary N) is 1. The van der Waals surface area contributed by atoms with Gasteiger partial charge in [-0.25, -0.2) is 13.1 Å². The fraction of sp³-hybridized carbons (Fsp3) is 0.667. The van der Waals surface area contributed by atoms with Crippen LogP contribution in [-0.4, -0.2) is 48.5 Å². The van der Waals surface area contributed by atoms with Crippen molar-refractivity contribution in [1.82, 2.24) is 19.4 Å². The minimum absolute atomic E-state index is 0.0122. The van der Waals surface area contributed by atoms with Crippen molar-refractivity contribution in [3.05, 3.63) is 30.6 Å². The van der Waals surface area contributed by atoms with Gasteiger partial charge in [0.05, 0.1) is 19.0 Å². The molecule has 1 N–H and O–H groups in total. The smallest absolute Gasteiger partial charge is 0.209 e. The molecule has 2 atom stereocenters. The summed E-state index contributed by atoms with van der Waals surface area (Å²) < 4.78 is 27.7. The van der Waals surface area contributed by atoms with Crippen LogP contribution < -0.4 is 4.72 Å². The third kappa shape index (κ3) is 4.93. The van der Waals surface area contributed by atoms with E-state index in [1.807, 2.05) is 23.2 Å². The van der Waals surface area contributed by atoms with E-state index in [0.717, 1.165) is 38.0 Å². The Kier molecular flexibility index (Phi) is 5.77. The molecule has 22 heavy (non-hydrogen) atoms. The van der Waals surface area contributed by atoms with E-state index in [4.69, 9.17) is 0 Å². The van der Waals surface area contributed by atoms with Crippen molar-refractivity contribution >= 4 is 10.0 Å². The molecule has 0 radical (unpaired) electrons. The molecule has 2 heterocycles. The predicted molar refractivity (Wildman–Crippen MR) is 87.9 cm³/mol. The molecule has 1 aliphatic rings. The number of likely N-dealkylation sites (tertiary alicyclic amines) is 1. The van der Waals surface area contributed by atoms with Gasteiger partial charge in [0.15, 0.2) is 0 Å². The molecule has 0 spiro atoms. The van der Waals surface area contributed by atoms with Crippen LogP contribution in [0.5, 0.6) is 0 Å². The Morgan fingerprint density at radius 3 is 2.91 bits per heavy atom. The average molecular weight is 326 g/mol. The van der Waals surface area contributed by atoms with Crippen LogP contribution in [0, 0.1) is 5.92 Å². The number of sulfonamides is 1. The van der Waals surface area contributed by atoms with E-state index in [2.05, 4.69) is 28.2 Å². The minimum Gasteiger partial charge on any atom is -0.297 e. The molecule has 6 nitrogen and oxygen atoms in total. The van der Waals surface area contributed by atoms with Gasteiger partial charge in [-0.05, 0) is 12.3 Å². The average Bonchev–Trinajstić information content (AvgIpc) is 2.97. The van der Waals surface area contributed by atoms with E-state index >= 15 is 0 Å². The molecule has 0 saturated carbocycles. The van der Waals surface area contributed by atoms with E-state index in [1.165, 1.54) is 6.26 Å². The summed E-state index contributed by atoms with van der Waals surface area (Å²) in [5.41, 5.74) is 1.15. The molecule has 0 unspecified atom stereocenters. The first-order chi connectivity index (χ1) is 10.4. The van der Waals surface area contributed by atoms with Gasteiger partial charge in [0.2, 0.25) is 10.0 Å². The van der Waals surface area contributed by atoms with Crippen LogP contribution in [0.25, 0.3) is 0 Å². The predicted octanol–water partition coefficient (Wildman–Crippen LogP) is 1.22. The van der Waals surface area contributed by atoms with Crippen LogP contribution in [0.4, 0.5) is 0 Å². The Morgan fingerprint density at radius 1 is 1.50 bits per heavy atom. The molecule has 0 aliphatic carbocycles. The summed E-state index contributed by atoms with van der Waals surface area (Å²) in [5.74, 6) is 0.378. The van der Waals surface area contributed by atoms with Crippen molar-refractivity contribution in [1.29, 1.82) is 0 Å². The standard InChI is InChI=1S/C15H26N4O2S/c1-4-6-14-11-18(12-15(14)17-22(3,20)21)9-13-8-16-19(10-13)7-5-2/h5,8,10,14-15,17H,2,4,6-7,9,11-12H2,1,3H3/t14-,15-/m1/s1. The minimum atomic E-state index is -3.16. The molecule has 0 aromatic carbocycles. The van der Waals surface area contributed by atoms with Gasteiger partial charge in [-0.1, -0.05) is 19.4 Å². The van der Waals surface area contributed by atoms with Crippen LogP contribution >= 0.6 is 0 Å². The molecule has 0 amide bonds. The van der Waals surface area contributed by atoms with Crippen LogP contribution in [0.15, 0.2) is 25.0 Å². The van der Waals surface area contributed by atoms with Gasteiger partial charge in [-0.15, -0.1) is 6.58 Å². The van der Waals surface area contributed by atoms with Gasteiger partial charge in [-0.3, -0.25) is 9.58 Å². The fourth-order valence-electron chi connectivity index (χ4n) is 3.14. The molecule has 1 saturated heterocycles. The highest BCUT2D eigenvalue weighted by Crippen LogP contribution is 2.23. The third-order valence-corrected chi connectivity index (χ3v) is 4.68. The van der Waals surface area contributed by atoms with Gasteiger partial charge in [0, 0.05) is 37.4 Å². The van der Waals surface area contributed by atoms with E-state index < -0.39 is 10.0 Å². The maximum Gasteiger partial charge on any atom is 0.209 e. The summed E-state index contributed by atoms with van der Waals surface area (Å²) in [4.78, 5) is 2.30. The van der Waals surface area contributed by atoms with Crippen molar-refractivity contribution in [2.24, 2.45) is 5.92 Å². The highest BCUT2D eigenvalue weighted by Gasteiger charge is 2.33. The number of aromatic nitrogens is 2. The molecule has 1 fully saturated rings. The van der Waals surface area contributed by atoms with Gasteiger partial charge < -0.3 is 0 Å². The lowest BCUT2D eigenvalue weighted by Crippen LogP contribution is -2.39. The summed E-state index contributed by atoms with van der Waals surface area (Å²) in [6.07, 6.45) is 9.05. The number of allylic oxidation sites excluding steroid dienone is 1. The number of hydrogen-bond acceptors (Lipinski definition) is 4. The van der Waals surface area contributed by atoms with Crippen molar-refractivity contribution in [3.63, 3.8) is 0 Å². The Hall–Kier alpha value is -1.18. The lowest BCUT2D eigenvalue weighted by molar-refractivity contribution is 0.312. The number of rotatable bonds is 8. The second kappa shape index (κ2) is 7.39. The first-order valence-electron chi connectivity index (χ1n) is 7.73. The van der Waals surface area contributed by atoms with Gasteiger partial charge in [-0.2, -0.15) is 5.10 Å². The Morgan fingerprint density at radius 2 is 2.27 bits per heavy atom. The summed E-state index contributed by atoms with van der Waals surface area (Å²) in [7, 11) is -3.16. The quantitative estimate of drug-likeness (QED) is 0.730. The molecule has 1 aliphatic heterocycles. The zero-order valence-electron chi connectivity index (χ0n) is 13.4. The van der Waals surface area contributed by atoms with Crippen molar-refractivity contribution in [2.45, 2.75) is 38.9 Å². The maximum absolute atomic E-state index is 11.5. The summed E-state index contributed by atoms with van der Waals surface area (Å²) >= 11 is 0. The normalized spacial score (nSPS) is 23.0. The number of nitrogens with zero attached hydrogens (tertiary/aromatic N) is 3. The zero-order valence-corrected chi connectivity index (χ0v) is 14.2. The number of hydrogen-bond donors (Lipinski definition) is 1. The van der Waals surface area contributed by atoms with E-state index in [1.54, 1.807) is 0 Å². The van der Waals surface area contributed by atoms with Crippen molar-refractivity contribution < 1.29 is 8.42 Å². The Labute approximate surface area is 133 Å². The van der Waals surface area contributed by atoms with Crippen LogP contribution in [0.2, 0.25) is 0 Å². The van der Waals surface area contributed by atoms with Crippen LogP contribution in [0.3, 0.4) is 0 Å². The van der Waals surface area contributed by atoms with E-state index in [-0.39, 0.29) is 6.04 Å². The highest BCUT2D eigenvalue weighted by atomic mass is 32.2. The lowest BCUT2D eigenvalue weighted by Gasteiger charge is -2.17. The highest BCUT2D eigenvalue weighted by molar-refractivity contribution is 7.88. The summed E-state index contributed by atoms with van der Waals surface area (Å²) in [6.45, 7) is 9.03. The fourth-order valence-corrected chi connectivity index (χ4v) is 3.96. The van der Waals surface area contributed by atoms with Crippen molar-refractivity contribution in [3.8, 4) is 0 Å². The monoisotopic (exact) mass is 326 g/mol. The van der Waals surface area contributed by atoms with Gasteiger partial charge in [0.25, 0.3) is 0 Å². The second-order valence-electron chi connectivity index (χ2n) is 6.10. The SMILES string of the molecule is C=CCn1cc(CN2C[C@@H](CCC)[C@H](NS(C)(=O)=O)C2)cn1. The molecule has 1 aromatic rings. The first kappa shape index (κ1) is 17.2. The summed E-state index contributed by atoms with van der Waals surface area (Å²) in [5, 5.41) is 4.29. The van der Waals surface area contributed by atoms with Crippen LogP contribution in [0.1, 0.15) is 25.3 Å². The van der Waals surface area contributed by atoms with E-state index in [9.17, 15) is 8.42 Å². The maximum atomic E-state index is 11.5. The molecule has 2 rings (SSSR count). The van der Waals surface area contributed by atoms with Gasteiger partial charge >= 0.3 is 0 Å². The lowest BCUT2D eigenvalue weighted by atomic mass is 9.99. The zero-order chi connectivity index (χ0) is 16.2.